The van der Waals surface area contributed by atoms with E-state index in [1.165, 1.54) is 0 Å². The molecule has 82 valence electrons. The largest absolute Gasteiger partial charge is 0.331 e. The van der Waals surface area contributed by atoms with Crippen LogP contribution in [0, 0.1) is 11.8 Å². The van der Waals surface area contributed by atoms with Gasteiger partial charge in [0.25, 0.3) is 0 Å². The Labute approximate surface area is 86.2 Å². The Hall–Kier alpha value is -0.770. The molecule has 0 aliphatic carbocycles. The summed E-state index contributed by atoms with van der Waals surface area (Å²) in [6.07, 6.45) is 0. The molecular formula is C10H21N3O. The van der Waals surface area contributed by atoms with Crippen molar-refractivity contribution in [1.82, 2.24) is 15.1 Å². The van der Waals surface area contributed by atoms with E-state index in [1.807, 2.05) is 7.05 Å². The monoisotopic (exact) mass is 199 g/mol. The normalized spacial score (nSPS) is 18.6. The van der Waals surface area contributed by atoms with Crippen molar-refractivity contribution in [2.24, 2.45) is 11.8 Å². The van der Waals surface area contributed by atoms with Gasteiger partial charge in [-0.2, -0.15) is 0 Å². The minimum Gasteiger partial charge on any atom is -0.331 e. The molecule has 0 radical (unpaired) electrons. The third-order valence-electron chi connectivity index (χ3n) is 2.89. The van der Waals surface area contributed by atoms with Gasteiger partial charge < -0.3 is 15.1 Å². The molecule has 1 atom stereocenters. The maximum Gasteiger partial charge on any atom is 0.319 e. The van der Waals surface area contributed by atoms with Crippen LogP contribution in [0.1, 0.15) is 6.92 Å². The van der Waals surface area contributed by atoms with Crippen LogP contribution in [0.2, 0.25) is 0 Å². The van der Waals surface area contributed by atoms with Crippen LogP contribution in [0.5, 0.6) is 0 Å². The van der Waals surface area contributed by atoms with Crippen LogP contribution in [0.4, 0.5) is 4.79 Å². The molecule has 1 N–H and O–H groups in total. The number of urea groups is 1. The second-order valence-corrected chi connectivity index (χ2v) is 4.45. The van der Waals surface area contributed by atoms with Crippen molar-refractivity contribution in [3.05, 3.63) is 0 Å². The van der Waals surface area contributed by atoms with Gasteiger partial charge in [0.2, 0.25) is 0 Å². The molecule has 0 aromatic heterocycles. The fraction of sp³-hybridized carbons (Fsp3) is 0.900. The standard InChI is InChI=1S/C10H21N3O/c1-8(9-5-11-6-9)7-13(4)10(14)12(2)3/h8-9,11H,5-7H2,1-4H3. The molecule has 0 aromatic rings. The number of nitrogens with zero attached hydrogens (tertiary/aromatic N) is 2. The second-order valence-electron chi connectivity index (χ2n) is 4.45. The van der Waals surface area contributed by atoms with Gasteiger partial charge in [-0.05, 0) is 24.9 Å². The zero-order valence-electron chi connectivity index (χ0n) is 9.58. The molecule has 1 rings (SSSR count). The fourth-order valence-electron chi connectivity index (χ4n) is 1.71. The van der Waals surface area contributed by atoms with Crippen LogP contribution < -0.4 is 5.32 Å². The van der Waals surface area contributed by atoms with Crippen molar-refractivity contribution in [2.45, 2.75) is 6.92 Å². The number of hydrogen-bond donors (Lipinski definition) is 1. The molecule has 0 spiro atoms. The SMILES string of the molecule is CC(CN(C)C(=O)N(C)C)C1CNC1. The summed E-state index contributed by atoms with van der Waals surface area (Å²) >= 11 is 0. The summed E-state index contributed by atoms with van der Waals surface area (Å²) in [4.78, 5) is 15.0. The van der Waals surface area contributed by atoms with Gasteiger partial charge >= 0.3 is 6.03 Å². The van der Waals surface area contributed by atoms with E-state index >= 15 is 0 Å². The van der Waals surface area contributed by atoms with Gasteiger partial charge in [-0.3, -0.25) is 0 Å². The molecule has 1 fully saturated rings. The topological polar surface area (TPSA) is 35.6 Å². The lowest BCUT2D eigenvalue weighted by Crippen LogP contribution is -2.49. The Morgan fingerprint density at radius 2 is 2.00 bits per heavy atom. The number of rotatable bonds is 3. The maximum absolute atomic E-state index is 11.5. The smallest absolute Gasteiger partial charge is 0.319 e. The Balaban J connectivity index is 2.31. The van der Waals surface area contributed by atoms with Gasteiger partial charge in [0.1, 0.15) is 0 Å². The molecule has 1 unspecified atom stereocenters. The number of amides is 2. The quantitative estimate of drug-likeness (QED) is 0.716. The Morgan fingerprint density at radius 1 is 1.43 bits per heavy atom. The summed E-state index contributed by atoms with van der Waals surface area (Å²) in [6.45, 7) is 5.27. The van der Waals surface area contributed by atoms with Crippen molar-refractivity contribution in [1.29, 1.82) is 0 Å². The van der Waals surface area contributed by atoms with E-state index in [1.54, 1.807) is 23.9 Å². The Bertz CT molecular complexity index is 202. The van der Waals surface area contributed by atoms with Crippen LogP contribution in [0.15, 0.2) is 0 Å². The van der Waals surface area contributed by atoms with E-state index in [9.17, 15) is 4.79 Å². The minimum absolute atomic E-state index is 0.0872. The van der Waals surface area contributed by atoms with Crippen LogP contribution in [0.25, 0.3) is 0 Å². The summed E-state index contributed by atoms with van der Waals surface area (Å²) in [5.74, 6) is 1.33. The lowest BCUT2D eigenvalue weighted by Gasteiger charge is -2.35. The second kappa shape index (κ2) is 4.64. The highest BCUT2D eigenvalue weighted by atomic mass is 16.2. The zero-order chi connectivity index (χ0) is 10.7. The number of carbonyl (C=O) groups is 1. The van der Waals surface area contributed by atoms with Crippen molar-refractivity contribution in [2.75, 3.05) is 40.8 Å². The van der Waals surface area contributed by atoms with E-state index in [2.05, 4.69) is 12.2 Å². The highest BCUT2D eigenvalue weighted by molar-refractivity contribution is 5.73. The summed E-state index contributed by atoms with van der Waals surface area (Å²) < 4.78 is 0. The summed E-state index contributed by atoms with van der Waals surface area (Å²) in [6, 6.07) is 0.0872. The molecule has 0 saturated carbocycles. The molecule has 1 saturated heterocycles. The molecule has 1 aliphatic heterocycles. The molecule has 4 nitrogen and oxygen atoms in total. The first-order valence-corrected chi connectivity index (χ1v) is 5.15. The highest BCUT2D eigenvalue weighted by Gasteiger charge is 2.25. The van der Waals surface area contributed by atoms with Crippen molar-refractivity contribution in [3.63, 3.8) is 0 Å². The Morgan fingerprint density at radius 3 is 2.36 bits per heavy atom. The van der Waals surface area contributed by atoms with Crippen LogP contribution in [-0.2, 0) is 0 Å². The van der Waals surface area contributed by atoms with Crippen molar-refractivity contribution < 1.29 is 4.79 Å². The average Bonchev–Trinajstić information content (AvgIpc) is 1.98. The molecule has 0 aromatic carbocycles. The minimum atomic E-state index is 0.0872. The summed E-state index contributed by atoms with van der Waals surface area (Å²) in [7, 11) is 5.44. The lowest BCUT2D eigenvalue weighted by atomic mass is 9.89. The third kappa shape index (κ3) is 2.61. The van der Waals surface area contributed by atoms with Gasteiger partial charge in [0.15, 0.2) is 0 Å². The third-order valence-corrected chi connectivity index (χ3v) is 2.89. The van der Waals surface area contributed by atoms with Crippen LogP contribution in [-0.4, -0.2) is 56.6 Å². The van der Waals surface area contributed by atoms with Crippen LogP contribution in [0.3, 0.4) is 0 Å². The van der Waals surface area contributed by atoms with Gasteiger partial charge in [-0.15, -0.1) is 0 Å². The number of nitrogens with one attached hydrogen (secondary N) is 1. The molecule has 1 aliphatic rings. The van der Waals surface area contributed by atoms with E-state index in [0.717, 1.165) is 25.6 Å². The zero-order valence-corrected chi connectivity index (χ0v) is 9.58. The predicted molar refractivity (Wildman–Crippen MR) is 57.2 cm³/mol. The van der Waals surface area contributed by atoms with E-state index < -0.39 is 0 Å². The van der Waals surface area contributed by atoms with E-state index in [-0.39, 0.29) is 6.03 Å². The first-order chi connectivity index (χ1) is 6.52. The highest BCUT2D eigenvalue weighted by Crippen LogP contribution is 2.16. The van der Waals surface area contributed by atoms with Crippen molar-refractivity contribution in [3.8, 4) is 0 Å². The number of hydrogen-bond acceptors (Lipinski definition) is 2. The fourth-order valence-corrected chi connectivity index (χ4v) is 1.71. The molecule has 1 heterocycles. The van der Waals surface area contributed by atoms with E-state index in [0.29, 0.717) is 5.92 Å². The maximum atomic E-state index is 11.5. The molecule has 4 heteroatoms. The number of carbonyl (C=O) groups excluding carboxylic acids is 1. The van der Waals surface area contributed by atoms with E-state index in [4.69, 9.17) is 0 Å². The van der Waals surface area contributed by atoms with Crippen LogP contribution >= 0.6 is 0 Å². The lowest BCUT2D eigenvalue weighted by molar-refractivity contribution is 0.156. The first kappa shape index (κ1) is 11.3. The van der Waals surface area contributed by atoms with Gasteiger partial charge in [-0.1, -0.05) is 6.92 Å². The van der Waals surface area contributed by atoms with Crippen molar-refractivity contribution >= 4 is 6.03 Å². The molecule has 0 bridgehead atoms. The summed E-state index contributed by atoms with van der Waals surface area (Å²) in [5, 5.41) is 3.25. The molecule has 2 amide bonds. The Kier molecular flexibility index (Phi) is 3.75. The molecule has 14 heavy (non-hydrogen) atoms. The molecular weight excluding hydrogens is 178 g/mol. The van der Waals surface area contributed by atoms with Gasteiger partial charge in [-0.25, -0.2) is 4.79 Å². The van der Waals surface area contributed by atoms with Gasteiger partial charge in [0, 0.05) is 27.7 Å². The average molecular weight is 199 g/mol. The predicted octanol–water partition coefficient (Wildman–Crippen LogP) is 0.455. The first-order valence-electron chi connectivity index (χ1n) is 5.15. The van der Waals surface area contributed by atoms with Gasteiger partial charge in [0.05, 0.1) is 0 Å². The summed E-state index contributed by atoms with van der Waals surface area (Å²) in [5.41, 5.74) is 0.